The fourth-order valence-corrected chi connectivity index (χ4v) is 0.831. The lowest BCUT2D eigenvalue weighted by Crippen LogP contribution is -2.33. The van der Waals surface area contributed by atoms with Crippen LogP contribution in [0.3, 0.4) is 0 Å². The van der Waals surface area contributed by atoms with E-state index in [0.717, 1.165) is 0 Å². The lowest BCUT2D eigenvalue weighted by atomic mass is 9.90. The van der Waals surface area contributed by atoms with Gasteiger partial charge in [0.2, 0.25) is 0 Å². The summed E-state index contributed by atoms with van der Waals surface area (Å²) in [6.07, 6.45) is 0.177. The number of amides is 2. The van der Waals surface area contributed by atoms with E-state index in [1.165, 1.54) is 6.92 Å². The summed E-state index contributed by atoms with van der Waals surface area (Å²) >= 11 is 0. The quantitative estimate of drug-likeness (QED) is 0.428. The van der Waals surface area contributed by atoms with Crippen molar-refractivity contribution in [2.45, 2.75) is 25.6 Å². The molecule has 1 heterocycles. The van der Waals surface area contributed by atoms with E-state index in [-0.39, 0.29) is 12.8 Å². The van der Waals surface area contributed by atoms with Gasteiger partial charge >= 0.3 is 5.97 Å². The number of hydroxylamine groups is 2. The van der Waals surface area contributed by atoms with Gasteiger partial charge in [-0.25, -0.2) is 0 Å². The van der Waals surface area contributed by atoms with Crippen LogP contribution in [0.2, 0.25) is 5.82 Å². The molecule has 2 radical (unpaired) electrons. The average molecular weight is 181 g/mol. The predicted octanol–water partition coefficient (Wildman–Crippen LogP) is -0.429. The molecule has 1 unspecified atom stereocenters. The van der Waals surface area contributed by atoms with E-state index in [1.54, 1.807) is 0 Å². The highest BCUT2D eigenvalue weighted by molar-refractivity contribution is 6.22. The van der Waals surface area contributed by atoms with Crippen molar-refractivity contribution in [2.75, 3.05) is 0 Å². The van der Waals surface area contributed by atoms with Crippen LogP contribution in [0.25, 0.3) is 0 Å². The Morgan fingerprint density at radius 1 is 1.46 bits per heavy atom. The first-order chi connectivity index (χ1) is 6.02. The second kappa shape index (κ2) is 3.59. The van der Waals surface area contributed by atoms with Gasteiger partial charge in [0.25, 0.3) is 11.8 Å². The van der Waals surface area contributed by atoms with Crippen molar-refractivity contribution in [1.29, 1.82) is 0 Å². The van der Waals surface area contributed by atoms with Crippen LogP contribution in [-0.4, -0.2) is 30.7 Å². The Labute approximate surface area is 76.4 Å². The van der Waals surface area contributed by atoms with E-state index in [9.17, 15) is 14.4 Å². The van der Waals surface area contributed by atoms with Crippen molar-refractivity contribution in [3.05, 3.63) is 0 Å². The Hall–Kier alpha value is -1.33. The van der Waals surface area contributed by atoms with E-state index in [2.05, 4.69) is 4.84 Å². The van der Waals surface area contributed by atoms with E-state index in [1.807, 2.05) is 0 Å². The molecule has 5 nitrogen and oxygen atoms in total. The van der Waals surface area contributed by atoms with E-state index < -0.39 is 23.6 Å². The van der Waals surface area contributed by atoms with Gasteiger partial charge in [0.05, 0.1) is 7.85 Å². The smallest absolute Gasteiger partial charge is 0.327 e. The first kappa shape index (κ1) is 9.76. The maximum absolute atomic E-state index is 10.9. The van der Waals surface area contributed by atoms with Crippen LogP contribution in [0, 0.1) is 0 Å². The summed E-state index contributed by atoms with van der Waals surface area (Å²) in [5.74, 6) is -2.64. The number of rotatable bonds is 2. The lowest BCUT2D eigenvalue weighted by molar-refractivity contribution is -0.197. The topological polar surface area (TPSA) is 63.7 Å². The van der Waals surface area contributed by atoms with Gasteiger partial charge in [0, 0.05) is 18.7 Å². The highest BCUT2D eigenvalue weighted by atomic mass is 16.7. The molecule has 2 amide bonds. The van der Waals surface area contributed by atoms with Crippen LogP contribution in [-0.2, 0) is 19.2 Å². The van der Waals surface area contributed by atoms with Crippen LogP contribution in [0.15, 0.2) is 0 Å². The summed E-state index contributed by atoms with van der Waals surface area (Å²) < 4.78 is 0. The number of carbonyl (C=O) groups excluding carboxylic acids is 3. The van der Waals surface area contributed by atoms with Gasteiger partial charge in [0.1, 0.15) is 0 Å². The second-order valence-electron chi connectivity index (χ2n) is 2.78. The first-order valence-electron chi connectivity index (χ1n) is 3.85. The van der Waals surface area contributed by atoms with Gasteiger partial charge in [-0.3, -0.25) is 14.4 Å². The van der Waals surface area contributed by atoms with Crippen molar-refractivity contribution < 1.29 is 19.2 Å². The maximum Gasteiger partial charge on any atom is 0.327 e. The number of imide groups is 1. The number of hydrogen-bond acceptors (Lipinski definition) is 4. The molecule has 0 aromatic rings. The van der Waals surface area contributed by atoms with Gasteiger partial charge in [-0.2, -0.15) is 0 Å². The van der Waals surface area contributed by atoms with E-state index >= 15 is 0 Å². The SMILES string of the molecule is [B]C(C)C(=O)ON1C(=O)CCC1=O. The average Bonchev–Trinajstić information content (AvgIpc) is 2.35. The molecule has 1 saturated heterocycles. The Balaban J connectivity index is 2.58. The van der Waals surface area contributed by atoms with Gasteiger partial charge in [-0.05, 0) is 0 Å². The van der Waals surface area contributed by atoms with Gasteiger partial charge in [-0.15, -0.1) is 5.06 Å². The number of nitrogens with zero attached hydrogens (tertiary/aromatic N) is 1. The summed E-state index contributed by atoms with van der Waals surface area (Å²) in [5.41, 5.74) is 0. The zero-order valence-electron chi connectivity index (χ0n) is 7.15. The molecule has 1 rings (SSSR count). The third kappa shape index (κ3) is 2.08. The molecule has 13 heavy (non-hydrogen) atoms. The van der Waals surface area contributed by atoms with Crippen molar-refractivity contribution >= 4 is 25.6 Å². The van der Waals surface area contributed by atoms with Crippen LogP contribution >= 0.6 is 0 Å². The predicted molar refractivity (Wildman–Crippen MR) is 42.4 cm³/mol. The zero-order valence-corrected chi connectivity index (χ0v) is 7.15. The minimum absolute atomic E-state index is 0.0884. The molecule has 0 N–H and O–H groups in total. The fraction of sp³-hybridized carbons (Fsp3) is 0.571. The summed E-state index contributed by atoms with van der Waals surface area (Å²) in [7, 11) is 5.18. The molecule has 0 spiro atoms. The Morgan fingerprint density at radius 2 is 1.92 bits per heavy atom. The molecule has 0 bridgehead atoms. The Morgan fingerprint density at radius 3 is 2.31 bits per heavy atom. The lowest BCUT2D eigenvalue weighted by Gasteiger charge is -2.13. The Bertz CT molecular complexity index is 247. The molecule has 0 aromatic carbocycles. The fourth-order valence-electron chi connectivity index (χ4n) is 0.831. The van der Waals surface area contributed by atoms with Crippen molar-refractivity contribution in [3.63, 3.8) is 0 Å². The third-order valence-electron chi connectivity index (χ3n) is 1.56. The highest BCUT2D eigenvalue weighted by Crippen LogP contribution is 2.13. The van der Waals surface area contributed by atoms with Crippen LogP contribution in [0.4, 0.5) is 0 Å². The van der Waals surface area contributed by atoms with Crippen LogP contribution < -0.4 is 0 Å². The molecule has 0 aliphatic carbocycles. The van der Waals surface area contributed by atoms with Gasteiger partial charge in [0.15, 0.2) is 0 Å². The molecular weight excluding hydrogens is 173 g/mol. The summed E-state index contributed by atoms with van der Waals surface area (Å²) in [6.45, 7) is 1.41. The molecule has 0 saturated carbocycles. The maximum atomic E-state index is 10.9. The first-order valence-corrected chi connectivity index (χ1v) is 3.85. The number of hydrogen-bond donors (Lipinski definition) is 0. The van der Waals surface area contributed by atoms with Gasteiger partial charge < -0.3 is 4.84 Å². The van der Waals surface area contributed by atoms with Crippen LogP contribution in [0.5, 0.6) is 0 Å². The number of carbonyl (C=O) groups is 3. The molecule has 1 atom stereocenters. The van der Waals surface area contributed by atoms with Crippen molar-refractivity contribution in [2.24, 2.45) is 0 Å². The molecule has 1 aliphatic rings. The largest absolute Gasteiger partial charge is 0.331 e. The molecule has 6 heteroatoms. The minimum atomic E-state index is -0.846. The summed E-state index contributed by atoms with van der Waals surface area (Å²) in [4.78, 5) is 37.2. The van der Waals surface area contributed by atoms with Gasteiger partial charge in [-0.1, -0.05) is 6.92 Å². The monoisotopic (exact) mass is 181 g/mol. The molecule has 1 aliphatic heterocycles. The third-order valence-corrected chi connectivity index (χ3v) is 1.56. The van der Waals surface area contributed by atoms with E-state index in [4.69, 9.17) is 7.85 Å². The van der Waals surface area contributed by atoms with Crippen molar-refractivity contribution in [3.8, 4) is 0 Å². The summed E-state index contributed by atoms with van der Waals surface area (Å²) in [5, 5.41) is 0.478. The Kier molecular flexibility index (Phi) is 2.70. The van der Waals surface area contributed by atoms with Crippen LogP contribution in [0.1, 0.15) is 19.8 Å². The highest BCUT2D eigenvalue weighted by Gasteiger charge is 2.33. The van der Waals surface area contributed by atoms with E-state index in [0.29, 0.717) is 5.06 Å². The standard InChI is InChI=1S/C7H8BNO4/c1-4(8)7(12)13-9-5(10)2-3-6(9)11/h4H,2-3H2,1H3. The normalized spacial score (nSPS) is 19.0. The zero-order chi connectivity index (χ0) is 10.0. The molecule has 0 aromatic heterocycles. The van der Waals surface area contributed by atoms with Crippen molar-refractivity contribution in [1.82, 2.24) is 5.06 Å². The molecule has 1 fully saturated rings. The second-order valence-corrected chi connectivity index (χ2v) is 2.78. The summed E-state index contributed by atoms with van der Waals surface area (Å²) in [6, 6.07) is 0. The minimum Gasteiger partial charge on any atom is -0.331 e. The molecular formula is C7H8BNO4. The molecule has 68 valence electrons.